The van der Waals surface area contributed by atoms with Gasteiger partial charge in [-0.25, -0.2) is 4.68 Å². The van der Waals surface area contributed by atoms with Crippen molar-refractivity contribution in [1.82, 2.24) is 20.2 Å². The summed E-state index contributed by atoms with van der Waals surface area (Å²) in [6.07, 6.45) is 2.30. The van der Waals surface area contributed by atoms with E-state index in [1.54, 1.807) is 13.2 Å². The molecule has 0 atom stereocenters. The number of nitrogens with zero attached hydrogens (tertiary/aromatic N) is 4. The van der Waals surface area contributed by atoms with Gasteiger partial charge in [0.05, 0.1) is 13.2 Å². The van der Waals surface area contributed by atoms with Gasteiger partial charge in [-0.05, 0) is 47.2 Å². The van der Waals surface area contributed by atoms with Gasteiger partial charge in [0.25, 0.3) is 0 Å². The molecule has 1 heterocycles. The second-order valence-corrected chi connectivity index (χ2v) is 5.22. The normalized spacial score (nSPS) is 14.7. The van der Waals surface area contributed by atoms with Crippen LogP contribution in [0.25, 0.3) is 0 Å². The third-order valence-electron chi connectivity index (χ3n) is 2.70. The fraction of sp³-hybridized carbons (Fsp3) is 0.364. The van der Waals surface area contributed by atoms with Crippen LogP contribution in [0, 0.1) is 0 Å². The van der Waals surface area contributed by atoms with Crippen molar-refractivity contribution in [2.75, 3.05) is 12.8 Å². The van der Waals surface area contributed by atoms with Gasteiger partial charge in [-0.2, -0.15) is 0 Å². The molecule has 1 aliphatic rings. The number of rotatable bonds is 4. The van der Waals surface area contributed by atoms with Crippen molar-refractivity contribution < 1.29 is 4.74 Å². The second-order valence-electron chi connectivity index (χ2n) is 4.18. The highest BCUT2D eigenvalue weighted by atomic mass is 32.2. The van der Waals surface area contributed by atoms with Gasteiger partial charge in [0, 0.05) is 16.6 Å². The summed E-state index contributed by atoms with van der Waals surface area (Å²) in [6.45, 7) is 0. The Hall–Kier alpha value is -1.76. The van der Waals surface area contributed by atoms with Crippen molar-refractivity contribution in [3.05, 3.63) is 18.2 Å². The maximum absolute atomic E-state index is 5.82. The Morgan fingerprint density at radius 1 is 1.39 bits per heavy atom. The first-order valence-electron chi connectivity index (χ1n) is 5.66. The highest BCUT2D eigenvalue weighted by Crippen LogP contribution is 2.38. The largest absolute Gasteiger partial charge is 0.497 e. The van der Waals surface area contributed by atoms with Gasteiger partial charge in [-0.3, -0.25) is 0 Å². The third-order valence-corrected chi connectivity index (χ3v) is 3.63. The highest BCUT2D eigenvalue weighted by Gasteiger charge is 2.28. The van der Waals surface area contributed by atoms with E-state index in [9.17, 15) is 0 Å². The van der Waals surface area contributed by atoms with E-state index in [1.165, 1.54) is 11.8 Å². The summed E-state index contributed by atoms with van der Waals surface area (Å²) in [5.74, 6) is 0.739. The molecule has 0 amide bonds. The summed E-state index contributed by atoms with van der Waals surface area (Å²) in [7, 11) is 1.62. The van der Waals surface area contributed by atoms with Gasteiger partial charge in [0.1, 0.15) is 5.75 Å². The summed E-state index contributed by atoms with van der Waals surface area (Å²) >= 11 is 1.50. The number of nitrogens with two attached hydrogens (primary N) is 1. The lowest BCUT2D eigenvalue weighted by atomic mass is 10.3. The van der Waals surface area contributed by atoms with E-state index in [0.717, 1.165) is 28.6 Å². The molecule has 0 spiro atoms. The quantitative estimate of drug-likeness (QED) is 0.847. The smallest absolute Gasteiger partial charge is 0.214 e. The number of ether oxygens (including phenoxy) is 1. The van der Waals surface area contributed by atoms with Crippen LogP contribution in [0.5, 0.6) is 5.75 Å². The van der Waals surface area contributed by atoms with Crippen LogP contribution in [0.15, 0.2) is 28.3 Å². The van der Waals surface area contributed by atoms with E-state index < -0.39 is 0 Å². The topological polar surface area (TPSA) is 78.8 Å². The standard InChI is InChI=1S/C11H13N5OS/c1-17-9-4-7(12)5-10(6-9)18-11-13-14-15-16(11)8-2-3-8/h4-6,8H,2-3,12H2,1H3. The Kier molecular flexibility index (Phi) is 2.83. The molecule has 1 aromatic carbocycles. The number of anilines is 1. The van der Waals surface area contributed by atoms with Gasteiger partial charge in [0.15, 0.2) is 0 Å². The lowest BCUT2D eigenvalue weighted by Gasteiger charge is -2.06. The molecule has 0 radical (unpaired) electrons. The summed E-state index contributed by atoms with van der Waals surface area (Å²) in [6, 6.07) is 6.06. The Bertz CT molecular complexity index is 566. The van der Waals surface area contributed by atoms with Crippen LogP contribution >= 0.6 is 11.8 Å². The van der Waals surface area contributed by atoms with Crippen LogP contribution in [0.3, 0.4) is 0 Å². The molecule has 2 N–H and O–H groups in total. The van der Waals surface area contributed by atoms with Gasteiger partial charge >= 0.3 is 0 Å². The zero-order valence-corrected chi connectivity index (χ0v) is 10.7. The molecule has 1 saturated carbocycles. The fourth-order valence-electron chi connectivity index (χ4n) is 1.68. The Morgan fingerprint density at radius 3 is 2.94 bits per heavy atom. The Morgan fingerprint density at radius 2 is 2.22 bits per heavy atom. The van der Waals surface area contributed by atoms with Crippen molar-refractivity contribution in [3.8, 4) is 5.75 Å². The monoisotopic (exact) mass is 263 g/mol. The van der Waals surface area contributed by atoms with Gasteiger partial charge in [0.2, 0.25) is 5.16 Å². The minimum Gasteiger partial charge on any atom is -0.497 e. The number of tetrazole rings is 1. The van der Waals surface area contributed by atoms with Gasteiger partial charge < -0.3 is 10.5 Å². The molecular weight excluding hydrogens is 250 g/mol. The summed E-state index contributed by atoms with van der Waals surface area (Å²) in [5.41, 5.74) is 6.49. The first kappa shape index (κ1) is 11.3. The van der Waals surface area contributed by atoms with E-state index in [2.05, 4.69) is 15.5 Å². The van der Waals surface area contributed by atoms with Gasteiger partial charge in [-0.15, -0.1) is 5.10 Å². The molecule has 1 fully saturated rings. The molecule has 0 aliphatic heterocycles. The number of aromatic nitrogens is 4. The maximum atomic E-state index is 5.82. The molecule has 0 saturated heterocycles. The molecule has 1 aliphatic carbocycles. The van der Waals surface area contributed by atoms with Crippen molar-refractivity contribution in [3.63, 3.8) is 0 Å². The number of hydrogen-bond donors (Lipinski definition) is 1. The first-order valence-corrected chi connectivity index (χ1v) is 6.48. The van der Waals surface area contributed by atoms with Crippen LogP contribution < -0.4 is 10.5 Å². The SMILES string of the molecule is COc1cc(N)cc(Sc2nnnn2C2CC2)c1. The van der Waals surface area contributed by atoms with Crippen LogP contribution in [0.4, 0.5) is 5.69 Å². The number of nitrogen functional groups attached to an aromatic ring is 1. The van der Waals surface area contributed by atoms with E-state index >= 15 is 0 Å². The second kappa shape index (κ2) is 4.49. The van der Waals surface area contributed by atoms with Crippen LogP contribution in [0.1, 0.15) is 18.9 Å². The summed E-state index contributed by atoms with van der Waals surface area (Å²) < 4.78 is 7.07. The number of benzene rings is 1. The van der Waals surface area contributed by atoms with Gasteiger partial charge in [-0.1, -0.05) is 0 Å². The molecule has 7 heteroatoms. The molecule has 94 valence electrons. The zero-order valence-electron chi connectivity index (χ0n) is 9.91. The maximum Gasteiger partial charge on any atom is 0.214 e. The lowest BCUT2D eigenvalue weighted by molar-refractivity contribution is 0.414. The van der Waals surface area contributed by atoms with E-state index in [4.69, 9.17) is 10.5 Å². The number of methoxy groups -OCH3 is 1. The van der Waals surface area contributed by atoms with Crippen molar-refractivity contribution in [2.24, 2.45) is 0 Å². The van der Waals surface area contributed by atoms with E-state index in [1.807, 2.05) is 16.8 Å². The average Bonchev–Trinajstić information content (AvgIpc) is 3.10. The number of hydrogen-bond acceptors (Lipinski definition) is 6. The predicted octanol–water partition coefficient (Wildman–Crippen LogP) is 1.75. The summed E-state index contributed by atoms with van der Waals surface area (Å²) in [4.78, 5) is 0.976. The minimum absolute atomic E-state index is 0.463. The van der Waals surface area contributed by atoms with E-state index in [-0.39, 0.29) is 0 Å². The molecule has 1 aromatic heterocycles. The third kappa shape index (κ3) is 2.26. The predicted molar refractivity (Wildman–Crippen MR) is 67.6 cm³/mol. The van der Waals surface area contributed by atoms with E-state index in [0.29, 0.717) is 11.7 Å². The Labute approximate surface area is 109 Å². The van der Waals surface area contributed by atoms with Crippen molar-refractivity contribution in [1.29, 1.82) is 0 Å². The highest BCUT2D eigenvalue weighted by molar-refractivity contribution is 7.99. The zero-order chi connectivity index (χ0) is 12.5. The molecular formula is C11H13N5OS. The lowest BCUT2D eigenvalue weighted by Crippen LogP contribution is -1.98. The molecule has 0 bridgehead atoms. The minimum atomic E-state index is 0.463. The Balaban J connectivity index is 1.87. The molecule has 3 rings (SSSR count). The molecule has 6 nitrogen and oxygen atoms in total. The summed E-state index contributed by atoms with van der Waals surface area (Å²) in [5, 5.41) is 12.6. The molecule has 0 unspecified atom stereocenters. The van der Waals surface area contributed by atoms with Crippen molar-refractivity contribution >= 4 is 17.4 Å². The molecule has 2 aromatic rings. The molecule has 18 heavy (non-hydrogen) atoms. The van der Waals surface area contributed by atoms with Crippen LogP contribution in [-0.2, 0) is 0 Å². The van der Waals surface area contributed by atoms with Crippen LogP contribution in [0.2, 0.25) is 0 Å². The van der Waals surface area contributed by atoms with Crippen LogP contribution in [-0.4, -0.2) is 27.3 Å². The van der Waals surface area contributed by atoms with Crippen molar-refractivity contribution in [2.45, 2.75) is 28.9 Å². The first-order chi connectivity index (χ1) is 8.76. The average molecular weight is 263 g/mol. The fourth-order valence-corrected chi connectivity index (χ4v) is 2.61.